The first-order valence-electron chi connectivity index (χ1n) is 5.86. The summed E-state index contributed by atoms with van der Waals surface area (Å²) in [5, 5.41) is 0. The molecule has 0 bridgehead atoms. The molecular weight excluding hydrogens is 289 g/mol. The molecule has 1 aromatic carbocycles. The molecule has 1 rings (SSSR count). The van der Waals surface area contributed by atoms with E-state index in [4.69, 9.17) is 5.73 Å². The van der Waals surface area contributed by atoms with Gasteiger partial charge in [0.2, 0.25) is 0 Å². The number of halogens is 3. The lowest BCUT2D eigenvalue weighted by Gasteiger charge is -2.15. The minimum absolute atomic E-state index is 0.00841. The smallest absolute Gasteiger partial charge is 0.399 e. The predicted octanol–water partition coefficient (Wildman–Crippen LogP) is 3.56. The van der Waals surface area contributed by atoms with Crippen LogP contribution in [0.5, 0.6) is 0 Å². The van der Waals surface area contributed by atoms with Crippen LogP contribution in [0.1, 0.15) is 38.8 Å². The van der Waals surface area contributed by atoms with Gasteiger partial charge < -0.3 is 5.73 Å². The van der Waals surface area contributed by atoms with Gasteiger partial charge >= 0.3 is 6.18 Å². The number of rotatable bonds is 2. The van der Waals surface area contributed by atoms with E-state index in [0.29, 0.717) is 0 Å². The van der Waals surface area contributed by atoms with Gasteiger partial charge in [-0.15, -0.1) is 0 Å². The van der Waals surface area contributed by atoms with Crippen molar-refractivity contribution >= 4 is 22.4 Å². The Morgan fingerprint density at radius 2 is 1.75 bits per heavy atom. The van der Waals surface area contributed by atoms with E-state index >= 15 is 0 Å². The summed E-state index contributed by atoms with van der Waals surface area (Å²) in [5.41, 5.74) is 5.11. The van der Waals surface area contributed by atoms with Crippen molar-refractivity contribution < 1.29 is 17.4 Å². The summed E-state index contributed by atoms with van der Waals surface area (Å²) < 4.78 is 53.4. The average Bonchev–Trinajstić information content (AvgIpc) is 2.25. The Hall–Kier alpha value is -1.37. The zero-order valence-corrected chi connectivity index (χ0v) is 12.5. The van der Waals surface area contributed by atoms with Crippen LogP contribution in [0.2, 0.25) is 0 Å². The number of nitrogen functional groups attached to an aromatic ring is 1. The molecule has 1 aromatic rings. The van der Waals surface area contributed by atoms with E-state index in [1.807, 2.05) is 0 Å². The third-order valence-electron chi connectivity index (χ3n) is 2.44. The van der Waals surface area contributed by atoms with Crippen LogP contribution in [0.4, 0.5) is 18.9 Å². The molecule has 0 amide bonds. The molecule has 20 heavy (non-hydrogen) atoms. The normalized spacial score (nSPS) is 15.2. The molecule has 0 radical (unpaired) electrons. The maximum atomic E-state index is 12.7. The number of hydrogen-bond donors (Lipinski definition) is 1. The fraction of sp³-hybridized carbons (Fsp3) is 0.462. The number of hydrogen-bond acceptors (Lipinski definition) is 2. The largest absolute Gasteiger partial charge is 0.416 e. The van der Waals surface area contributed by atoms with Gasteiger partial charge in [0.05, 0.1) is 16.0 Å². The minimum atomic E-state index is -4.48. The summed E-state index contributed by atoms with van der Waals surface area (Å²) >= 11 is 0. The highest BCUT2D eigenvalue weighted by Gasteiger charge is 2.31. The van der Waals surface area contributed by atoms with Crippen LogP contribution in [0.25, 0.3) is 0 Å². The van der Waals surface area contributed by atoms with Crippen molar-refractivity contribution in [1.29, 1.82) is 0 Å². The fourth-order valence-electron chi connectivity index (χ4n) is 1.34. The van der Waals surface area contributed by atoms with Crippen LogP contribution in [0, 0.1) is 0 Å². The summed E-state index contributed by atoms with van der Waals surface area (Å²) in [7, 11) is -1.54. The predicted molar refractivity (Wildman–Crippen MR) is 76.0 cm³/mol. The SMILES string of the molecule is C/C(=N\[S@@](=O)C(C)(C)C)c1cc(N)cc(C(F)(F)F)c1. The lowest BCUT2D eigenvalue weighted by atomic mass is 10.1. The molecule has 0 heterocycles. The standard InChI is InChI=1S/C13H17F3N2OS/c1-8(18-20(19)12(2,3)4)9-5-10(13(14,15)16)7-11(17)6-9/h5-7H,17H2,1-4H3/b18-8+/t20-/m0/s1. The van der Waals surface area contributed by atoms with Gasteiger partial charge in [-0.25, -0.2) is 4.21 Å². The second-order valence-corrected chi connectivity index (χ2v) is 7.29. The summed E-state index contributed by atoms with van der Waals surface area (Å²) in [6.45, 7) is 6.72. The molecule has 0 spiro atoms. The zero-order valence-electron chi connectivity index (χ0n) is 11.7. The van der Waals surface area contributed by atoms with E-state index in [1.165, 1.54) is 13.0 Å². The maximum absolute atomic E-state index is 12.7. The van der Waals surface area contributed by atoms with Crippen LogP contribution in [0.15, 0.2) is 22.6 Å². The van der Waals surface area contributed by atoms with Crippen molar-refractivity contribution in [3.8, 4) is 0 Å². The Morgan fingerprint density at radius 3 is 2.20 bits per heavy atom. The first kappa shape index (κ1) is 16.7. The van der Waals surface area contributed by atoms with Crippen molar-refractivity contribution in [1.82, 2.24) is 0 Å². The highest BCUT2D eigenvalue weighted by atomic mass is 32.2. The summed E-state index contributed by atoms with van der Waals surface area (Å²) in [6.07, 6.45) is -4.48. The van der Waals surface area contributed by atoms with Crippen molar-refractivity contribution in [2.75, 3.05) is 5.73 Å². The van der Waals surface area contributed by atoms with Gasteiger partial charge in [0.15, 0.2) is 0 Å². The van der Waals surface area contributed by atoms with E-state index in [1.54, 1.807) is 20.8 Å². The Balaban J connectivity index is 3.24. The Kier molecular flexibility index (Phi) is 4.63. The van der Waals surface area contributed by atoms with Crippen LogP contribution < -0.4 is 5.73 Å². The van der Waals surface area contributed by atoms with Crippen LogP contribution in [-0.2, 0) is 17.2 Å². The van der Waals surface area contributed by atoms with E-state index in [9.17, 15) is 17.4 Å². The molecular formula is C13H17F3N2OS. The number of anilines is 1. The molecule has 112 valence electrons. The first-order valence-corrected chi connectivity index (χ1v) is 6.97. The number of nitrogens with zero attached hydrogens (tertiary/aromatic N) is 1. The number of benzene rings is 1. The Morgan fingerprint density at radius 1 is 1.20 bits per heavy atom. The molecule has 2 N–H and O–H groups in total. The van der Waals surface area contributed by atoms with Crippen molar-refractivity contribution in [2.24, 2.45) is 4.40 Å². The average molecular weight is 306 g/mol. The number of alkyl halides is 3. The van der Waals surface area contributed by atoms with Crippen molar-refractivity contribution in [3.05, 3.63) is 29.3 Å². The third kappa shape index (κ3) is 4.33. The molecule has 0 aliphatic rings. The third-order valence-corrected chi connectivity index (χ3v) is 3.93. The van der Waals surface area contributed by atoms with Gasteiger partial charge in [0.1, 0.15) is 11.0 Å². The molecule has 0 fully saturated rings. The lowest BCUT2D eigenvalue weighted by molar-refractivity contribution is -0.137. The second-order valence-electron chi connectivity index (χ2n) is 5.38. The van der Waals surface area contributed by atoms with Crippen LogP contribution >= 0.6 is 0 Å². The second kappa shape index (κ2) is 5.55. The van der Waals surface area contributed by atoms with Crippen molar-refractivity contribution in [2.45, 2.75) is 38.6 Å². The van der Waals surface area contributed by atoms with Gasteiger partial charge in [-0.05, 0) is 51.5 Å². The quantitative estimate of drug-likeness (QED) is 0.671. The van der Waals surface area contributed by atoms with E-state index in [0.717, 1.165) is 12.1 Å². The van der Waals surface area contributed by atoms with Crippen LogP contribution in [0.3, 0.4) is 0 Å². The molecule has 0 aromatic heterocycles. The molecule has 3 nitrogen and oxygen atoms in total. The Bertz CT molecular complexity index is 560. The summed E-state index contributed by atoms with van der Waals surface area (Å²) in [5.74, 6) is 0. The molecule has 7 heteroatoms. The highest BCUT2D eigenvalue weighted by Crippen LogP contribution is 2.31. The molecule has 0 unspecified atom stereocenters. The summed E-state index contributed by atoms with van der Waals surface area (Å²) in [4.78, 5) is 0. The monoisotopic (exact) mass is 306 g/mol. The minimum Gasteiger partial charge on any atom is -0.399 e. The van der Waals surface area contributed by atoms with Gasteiger partial charge in [-0.2, -0.15) is 17.6 Å². The van der Waals surface area contributed by atoms with Crippen molar-refractivity contribution in [3.63, 3.8) is 0 Å². The van der Waals surface area contributed by atoms with Crippen LogP contribution in [-0.4, -0.2) is 14.7 Å². The zero-order chi connectivity index (χ0) is 15.7. The van der Waals surface area contributed by atoms with E-state index in [-0.39, 0.29) is 17.0 Å². The van der Waals surface area contributed by atoms with E-state index < -0.39 is 27.5 Å². The fourth-order valence-corrected chi connectivity index (χ4v) is 1.97. The molecule has 0 aliphatic heterocycles. The lowest BCUT2D eigenvalue weighted by Crippen LogP contribution is -2.20. The highest BCUT2D eigenvalue weighted by molar-refractivity contribution is 7.85. The molecule has 0 saturated carbocycles. The first-order chi connectivity index (χ1) is 8.91. The van der Waals surface area contributed by atoms with Gasteiger partial charge in [0, 0.05) is 5.69 Å². The molecule has 0 aliphatic carbocycles. The topological polar surface area (TPSA) is 55.5 Å². The number of nitrogens with two attached hydrogens (primary N) is 1. The molecule has 1 atom stereocenters. The van der Waals surface area contributed by atoms with E-state index in [2.05, 4.69) is 4.40 Å². The maximum Gasteiger partial charge on any atom is 0.416 e. The van der Waals surface area contributed by atoms with Gasteiger partial charge in [-0.3, -0.25) is 0 Å². The van der Waals surface area contributed by atoms with Gasteiger partial charge in [0.25, 0.3) is 0 Å². The summed E-state index contributed by atoms with van der Waals surface area (Å²) in [6, 6.07) is 3.19. The molecule has 0 saturated heterocycles. The Labute approximate surface area is 118 Å². The van der Waals surface area contributed by atoms with Gasteiger partial charge in [-0.1, -0.05) is 0 Å².